The molecule has 0 aromatic heterocycles. The van der Waals surface area contributed by atoms with Gasteiger partial charge in [-0.15, -0.1) is 0 Å². The van der Waals surface area contributed by atoms with Crippen molar-refractivity contribution in [2.75, 3.05) is 46.4 Å². The molecule has 4 rings (SSSR count). The number of hydrogen-bond acceptors (Lipinski definition) is 5. The van der Waals surface area contributed by atoms with E-state index in [1.807, 2.05) is 24.3 Å². The van der Waals surface area contributed by atoms with Gasteiger partial charge in [-0.05, 0) is 25.0 Å². The second-order valence-electron chi connectivity index (χ2n) is 8.29. The molecule has 148 valence electrons. The summed E-state index contributed by atoms with van der Waals surface area (Å²) in [4.78, 5) is 16.9. The summed E-state index contributed by atoms with van der Waals surface area (Å²) in [5, 5.41) is 10.0. The molecule has 1 N–H and O–H groups in total. The molecule has 1 aromatic rings. The Morgan fingerprint density at radius 2 is 2.00 bits per heavy atom. The number of fused-ring (bicyclic) bond motifs is 1. The third-order valence-electron chi connectivity index (χ3n) is 6.69. The van der Waals surface area contributed by atoms with Crippen molar-refractivity contribution in [2.24, 2.45) is 11.3 Å². The molecule has 27 heavy (non-hydrogen) atoms. The van der Waals surface area contributed by atoms with E-state index in [4.69, 9.17) is 9.47 Å². The SMILES string of the molecule is COc1cccc(OCCN2C[C@@H]3CN(C4CCCC4)C[C@]3(C(=O)O)C2)c1. The molecule has 0 bridgehead atoms. The Morgan fingerprint density at radius 1 is 1.22 bits per heavy atom. The summed E-state index contributed by atoms with van der Waals surface area (Å²) in [7, 11) is 1.64. The molecule has 2 aliphatic heterocycles. The molecule has 2 atom stereocenters. The largest absolute Gasteiger partial charge is 0.497 e. The quantitative estimate of drug-likeness (QED) is 0.790. The van der Waals surface area contributed by atoms with Crippen LogP contribution in [0.4, 0.5) is 0 Å². The average Bonchev–Trinajstić information content (AvgIpc) is 3.36. The fourth-order valence-electron chi connectivity index (χ4n) is 5.21. The number of likely N-dealkylation sites (tertiary alicyclic amines) is 2. The Balaban J connectivity index is 1.32. The van der Waals surface area contributed by atoms with Crippen LogP contribution in [0.5, 0.6) is 11.5 Å². The molecule has 1 aromatic carbocycles. The predicted octanol–water partition coefficient (Wildman–Crippen LogP) is 2.33. The highest BCUT2D eigenvalue weighted by molar-refractivity contribution is 5.77. The van der Waals surface area contributed by atoms with Gasteiger partial charge in [-0.25, -0.2) is 0 Å². The number of methoxy groups -OCH3 is 1. The highest BCUT2D eigenvalue weighted by atomic mass is 16.5. The van der Waals surface area contributed by atoms with E-state index in [0.717, 1.165) is 31.1 Å². The van der Waals surface area contributed by atoms with Crippen molar-refractivity contribution in [3.8, 4) is 11.5 Å². The van der Waals surface area contributed by atoms with Crippen molar-refractivity contribution in [3.63, 3.8) is 0 Å². The van der Waals surface area contributed by atoms with E-state index in [-0.39, 0.29) is 5.92 Å². The summed E-state index contributed by atoms with van der Waals surface area (Å²) < 4.78 is 11.1. The van der Waals surface area contributed by atoms with Crippen LogP contribution in [-0.2, 0) is 4.79 Å². The number of rotatable bonds is 7. The van der Waals surface area contributed by atoms with Crippen molar-refractivity contribution in [3.05, 3.63) is 24.3 Å². The van der Waals surface area contributed by atoms with Crippen LogP contribution < -0.4 is 9.47 Å². The van der Waals surface area contributed by atoms with Crippen LogP contribution in [0.1, 0.15) is 25.7 Å². The van der Waals surface area contributed by atoms with Crippen LogP contribution in [0.25, 0.3) is 0 Å². The zero-order valence-electron chi connectivity index (χ0n) is 16.1. The van der Waals surface area contributed by atoms with E-state index in [1.165, 1.54) is 25.7 Å². The van der Waals surface area contributed by atoms with Crippen LogP contribution in [0.2, 0.25) is 0 Å². The van der Waals surface area contributed by atoms with Crippen molar-refractivity contribution in [1.82, 2.24) is 9.80 Å². The van der Waals surface area contributed by atoms with Gasteiger partial charge in [0.2, 0.25) is 0 Å². The van der Waals surface area contributed by atoms with Gasteiger partial charge in [0.1, 0.15) is 18.1 Å². The minimum atomic E-state index is -0.621. The van der Waals surface area contributed by atoms with Gasteiger partial charge in [0.15, 0.2) is 0 Å². The minimum Gasteiger partial charge on any atom is -0.497 e. The number of hydrogen-bond donors (Lipinski definition) is 1. The standard InChI is InChI=1S/C21H30N2O4/c1-26-18-7-4-8-19(11-18)27-10-9-22-12-16-13-23(17-5-2-3-6-17)15-21(16,14-22)20(24)25/h4,7-8,11,16-17H,2-3,5-6,9-10,12-15H2,1H3,(H,24,25)/t16-,21-/m1/s1. The molecule has 0 spiro atoms. The van der Waals surface area contributed by atoms with E-state index >= 15 is 0 Å². The van der Waals surface area contributed by atoms with Gasteiger partial charge in [0.25, 0.3) is 0 Å². The predicted molar refractivity (Wildman–Crippen MR) is 102 cm³/mol. The number of ether oxygens (including phenoxy) is 2. The highest BCUT2D eigenvalue weighted by Gasteiger charge is 2.58. The third-order valence-corrected chi connectivity index (χ3v) is 6.69. The number of nitrogens with zero attached hydrogens (tertiary/aromatic N) is 2. The van der Waals surface area contributed by atoms with E-state index < -0.39 is 11.4 Å². The number of aliphatic carboxylic acids is 1. The molecular formula is C21H30N2O4. The minimum absolute atomic E-state index is 0.229. The molecule has 0 amide bonds. The van der Waals surface area contributed by atoms with E-state index in [9.17, 15) is 9.90 Å². The zero-order chi connectivity index (χ0) is 18.9. The van der Waals surface area contributed by atoms with E-state index in [2.05, 4.69) is 9.80 Å². The normalized spacial score (nSPS) is 29.1. The third kappa shape index (κ3) is 3.65. The maximum absolute atomic E-state index is 12.2. The maximum atomic E-state index is 12.2. The molecule has 1 aliphatic carbocycles. The summed E-state index contributed by atoms with van der Waals surface area (Å²) in [5.74, 6) is 1.17. The first kappa shape index (κ1) is 18.6. The van der Waals surface area contributed by atoms with Crippen LogP contribution in [0, 0.1) is 11.3 Å². The van der Waals surface area contributed by atoms with Gasteiger partial charge in [-0.1, -0.05) is 18.9 Å². The molecule has 2 heterocycles. The van der Waals surface area contributed by atoms with Gasteiger partial charge >= 0.3 is 5.97 Å². The maximum Gasteiger partial charge on any atom is 0.312 e. The lowest BCUT2D eigenvalue weighted by atomic mass is 9.81. The Morgan fingerprint density at radius 3 is 2.70 bits per heavy atom. The second kappa shape index (κ2) is 7.68. The lowest BCUT2D eigenvalue weighted by molar-refractivity contribution is -0.149. The van der Waals surface area contributed by atoms with Crippen LogP contribution >= 0.6 is 0 Å². The number of carboxylic acids is 1. The highest BCUT2D eigenvalue weighted by Crippen LogP contribution is 2.44. The van der Waals surface area contributed by atoms with E-state index in [0.29, 0.717) is 25.7 Å². The van der Waals surface area contributed by atoms with Crippen molar-refractivity contribution >= 4 is 5.97 Å². The van der Waals surface area contributed by atoms with Gasteiger partial charge in [0.05, 0.1) is 12.5 Å². The van der Waals surface area contributed by atoms with Crippen molar-refractivity contribution in [2.45, 2.75) is 31.7 Å². The lowest BCUT2D eigenvalue weighted by Gasteiger charge is -2.28. The molecular weight excluding hydrogens is 344 g/mol. The fourth-order valence-corrected chi connectivity index (χ4v) is 5.21. The first-order valence-electron chi connectivity index (χ1n) is 10.1. The number of benzene rings is 1. The van der Waals surface area contributed by atoms with Crippen LogP contribution in [-0.4, -0.2) is 73.4 Å². The molecule has 0 unspecified atom stereocenters. The summed E-state index contributed by atoms with van der Waals surface area (Å²) in [6.07, 6.45) is 5.06. The first-order chi connectivity index (χ1) is 13.1. The molecule has 6 nitrogen and oxygen atoms in total. The molecule has 3 aliphatic rings. The lowest BCUT2D eigenvalue weighted by Crippen LogP contribution is -2.43. The molecule has 0 radical (unpaired) electrons. The smallest absolute Gasteiger partial charge is 0.312 e. The summed E-state index contributed by atoms with van der Waals surface area (Å²) >= 11 is 0. The summed E-state index contributed by atoms with van der Waals surface area (Å²) in [5.41, 5.74) is -0.599. The zero-order valence-corrected chi connectivity index (χ0v) is 16.1. The average molecular weight is 374 g/mol. The van der Waals surface area contributed by atoms with Crippen LogP contribution in [0.3, 0.4) is 0 Å². The summed E-state index contributed by atoms with van der Waals surface area (Å²) in [6, 6.07) is 8.19. The fraction of sp³-hybridized carbons (Fsp3) is 0.667. The topological polar surface area (TPSA) is 62.2 Å². The van der Waals surface area contributed by atoms with Gasteiger partial charge < -0.3 is 14.6 Å². The van der Waals surface area contributed by atoms with Gasteiger partial charge in [-0.3, -0.25) is 14.6 Å². The molecule has 1 saturated carbocycles. The molecule has 2 saturated heterocycles. The molecule has 3 fully saturated rings. The van der Waals surface area contributed by atoms with Crippen molar-refractivity contribution < 1.29 is 19.4 Å². The second-order valence-corrected chi connectivity index (χ2v) is 8.29. The first-order valence-corrected chi connectivity index (χ1v) is 10.1. The van der Waals surface area contributed by atoms with E-state index in [1.54, 1.807) is 7.11 Å². The Bertz CT molecular complexity index is 676. The number of carbonyl (C=O) groups is 1. The monoisotopic (exact) mass is 374 g/mol. The Kier molecular flexibility index (Phi) is 5.28. The summed E-state index contributed by atoms with van der Waals surface area (Å²) in [6.45, 7) is 4.46. The number of carboxylic acid groups (broad SMARTS) is 1. The van der Waals surface area contributed by atoms with Crippen LogP contribution in [0.15, 0.2) is 24.3 Å². The Labute approximate surface area is 161 Å². The van der Waals surface area contributed by atoms with Gasteiger partial charge in [-0.2, -0.15) is 0 Å². The van der Waals surface area contributed by atoms with Crippen molar-refractivity contribution in [1.29, 1.82) is 0 Å². The van der Waals surface area contributed by atoms with Gasteiger partial charge in [0, 0.05) is 50.7 Å². The Hall–Kier alpha value is -1.79. The molecule has 6 heteroatoms.